The molecule has 10 heavy (non-hydrogen) atoms. The fourth-order valence-electron chi connectivity index (χ4n) is 0.355. The van der Waals surface area contributed by atoms with Crippen LogP contribution in [0.2, 0.25) is 0 Å². The Hall–Kier alpha value is -0.420. The van der Waals surface area contributed by atoms with Crippen molar-refractivity contribution in [2.75, 3.05) is 0 Å². The van der Waals surface area contributed by atoms with Crippen molar-refractivity contribution in [3.8, 4) is 0 Å². The van der Waals surface area contributed by atoms with E-state index in [1.165, 1.54) is 0 Å². The molecule has 0 aromatic carbocycles. The molecule has 0 atom stereocenters. The van der Waals surface area contributed by atoms with Crippen molar-refractivity contribution < 1.29 is 0 Å². The van der Waals surface area contributed by atoms with Crippen molar-refractivity contribution in [3.05, 3.63) is 14.4 Å². The van der Waals surface area contributed by atoms with E-state index in [2.05, 4.69) is 4.98 Å². The van der Waals surface area contributed by atoms with Gasteiger partial charge >= 0.3 is 4.87 Å². The molecule has 0 saturated heterocycles. The van der Waals surface area contributed by atoms with E-state index in [0.717, 1.165) is 11.5 Å². The predicted octanol–water partition coefficient (Wildman–Crippen LogP) is 1.53. The molecule has 0 amide bonds. The Bertz CT molecular complexity index is 282. The lowest BCUT2D eigenvalue weighted by molar-refractivity contribution is 0.970. The molecule has 0 aliphatic heterocycles. The van der Waals surface area contributed by atoms with E-state index in [4.69, 9.17) is 12.2 Å². The highest BCUT2D eigenvalue weighted by Gasteiger charge is 1.87. The lowest BCUT2D eigenvalue weighted by Gasteiger charge is -1.76. The molecular weight excluding hydrogens is 168 g/mol. The average molecular weight is 178 g/mol. The summed E-state index contributed by atoms with van der Waals surface area (Å²) in [6, 6.07) is 0. The van der Waals surface area contributed by atoms with Crippen LogP contribution in [0.15, 0.2) is 4.79 Å². The van der Waals surface area contributed by atoms with Crippen LogP contribution >= 0.6 is 23.8 Å². The summed E-state index contributed by atoms with van der Waals surface area (Å²) in [6.07, 6.45) is 0. The number of rotatable bonds is 0. The van der Waals surface area contributed by atoms with Crippen molar-refractivity contribution in [2.45, 2.75) is 13.8 Å². The van der Waals surface area contributed by atoms with E-state index in [1.807, 2.05) is 13.8 Å². The standard InChI is InChI=1S/C3H4N2OS2.C2H6/c1-5-2(7)4-3(6)8-5;1-2/h1H3,(H,4,6,7);1-2H3. The zero-order chi connectivity index (χ0) is 8.15. The molecule has 0 saturated carbocycles. The minimum atomic E-state index is -0.0995. The summed E-state index contributed by atoms with van der Waals surface area (Å²) in [4.78, 5) is 12.7. The third-order valence-corrected chi connectivity index (χ3v) is 1.93. The normalized spacial score (nSPS) is 8.30. The van der Waals surface area contributed by atoms with E-state index in [1.54, 1.807) is 11.0 Å². The molecular formula is C5H10N2OS2. The van der Waals surface area contributed by atoms with Gasteiger partial charge in [0, 0.05) is 18.6 Å². The molecule has 1 heterocycles. The predicted molar refractivity (Wildman–Crippen MR) is 46.1 cm³/mol. The highest BCUT2D eigenvalue weighted by Crippen LogP contribution is 1.84. The highest BCUT2D eigenvalue weighted by atomic mass is 32.1. The number of nitrogens with one attached hydrogen (secondary N) is 1. The zero-order valence-corrected chi connectivity index (χ0v) is 7.80. The maximum atomic E-state index is 10.4. The Morgan fingerprint density at radius 1 is 1.60 bits per heavy atom. The van der Waals surface area contributed by atoms with Gasteiger partial charge in [0.05, 0.1) is 0 Å². The average Bonchev–Trinajstić information content (AvgIpc) is 2.16. The summed E-state index contributed by atoms with van der Waals surface area (Å²) >= 11 is 5.76. The molecule has 0 aliphatic rings. The highest BCUT2D eigenvalue weighted by molar-refractivity contribution is 7.71. The van der Waals surface area contributed by atoms with Crippen LogP contribution in [-0.2, 0) is 7.05 Å². The van der Waals surface area contributed by atoms with Crippen LogP contribution in [0.3, 0.4) is 0 Å². The number of nitrogens with zero attached hydrogens (tertiary/aromatic N) is 1. The van der Waals surface area contributed by atoms with Crippen molar-refractivity contribution in [1.82, 2.24) is 8.94 Å². The van der Waals surface area contributed by atoms with Gasteiger partial charge in [-0.3, -0.25) is 13.7 Å². The van der Waals surface area contributed by atoms with Gasteiger partial charge in [0.25, 0.3) is 0 Å². The minimum Gasteiger partial charge on any atom is -0.288 e. The monoisotopic (exact) mass is 178 g/mol. The van der Waals surface area contributed by atoms with Crippen LogP contribution in [0.1, 0.15) is 13.8 Å². The van der Waals surface area contributed by atoms with Gasteiger partial charge in [-0.1, -0.05) is 13.8 Å². The Morgan fingerprint density at radius 2 is 2.10 bits per heavy atom. The van der Waals surface area contributed by atoms with Crippen LogP contribution in [-0.4, -0.2) is 8.94 Å². The Balaban J connectivity index is 0.000000371. The molecule has 0 fully saturated rings. The summed E-state index contributed by atoms with van der Waals surface area (Å²) in [6.45, 7) is 4.00. The fraction of sp³-hybridized carbons (Fsp3) is 0.600. The lowest BCUT2D eigenvalue weighted by atomic mass is 11.0. The fourth-order valence-corrected chi connectivity index (χ4v) is 1.14. The van der Waals surface area contributed by atoms with Crippen molar-refractivity contribution in [1.29, 1.82) is 0 Å². The van der Waals surface area contributed by atoms with Crippen molar-refractivity contribution >= 4 is 23.8 Å². The molecule has 5 heteroatoms. The van der Waals surface area contributed by atoms with Crippen molar-refractivity contribution in [2.24, 2.45) is 7.05 Å². The number of hydrogen-bond donors (Lipinski definition) is 1. The smallest absolute Gasteiger partial charge is 0.288 e. The SMILES string of the molecule is CC.Cn1sc(=O)[nH]c1=S. The van der Waals surface area contributed by atoms with Gasteiger partial charge in [-0.2, -0.15) is 0 Å². The number of aromatic amines is 1. The first kappa shape index (κ1) is 9.58. The minimum absolute atomic E-state index is 0.0995. The second kappa shape index (κ2) is 4.40. The van der Waals surface area contributed by atoms with Crippen molar-refractivity contribution in [3.63, 3.8) is 0 Å². The maximum Gasteiger partial charge on any atom is 0.322 e. The quantitative estimate of drug-likeness (QED) is 0.612. The number of aromatic nitrogens is 2. The summed E-state index contributed by atoms with van der Waals surface area (Å²) in [5.41, 5.74) is 0. The van der Waals surface area contributed by atoms with E-state index >= 15 is 0 Å². The molecule has 3 nitrogen and oxygen atoms in total. The summed E-state index contributed by atoms with van der Waals surface area (Å²) in [7, 11) is 1.74. The van der Waals surface area contributed by atoms with Gasteiger partial charge in [0.15, 0.2) is 4.77 Å². The first-order valence-corrected chi connectivity index (χ1v) is 4.15. The number of aryl methyl sites for hydroxylation is 1. The molecule has 58 valence electrons. The molecule has 0 spiro atoms. The maximum absolute atomic E-state index is 10.4. The van der Waals surface area contributed by atoms with Crippen LogP contribution in [0.4, 0.5) is 0 Å². The van der Waals surface area contributed by atoms with Gasteiger partial charge < -0.3 is 0 Å². The Labute approximate surface area is 68.5 Å². The molecule has 0 aliphatic carbocycles. The molecule has 1 N–H and O–H groups in total. The summed E-state index contributed by atoms with van der Waals surface area (Å²) in [5, 5.41) is 0. The summed E-state index contributed by atoms with van der Waals surface area (Å²) < 4.78 is 2.09. The number of hydrogen-bond acceptors (Lipinski definition) is 3. The molecule has 1 rings (SSSR count). The third kappa shape index (κ3) is 2.45. The van der Waals surface area contributed by atoms with Gasteiger partial charge in [0.1, 0.15) is 0 Å². The van der Waals surface area contributed by atoms with Crippen LogP contribution in [0, 0.1) is 4.77 Å². The number of H-pyrrole nitrogens is 1. The molecule has 0 radical (unpaired) electrons. The Kier molecular flexibility index (Phi) is 4.22. The van der Waals surface area contributed by atoms with Crippen LogP contribution < -0.4 is 4.87 Å². The summed E-state index contributed by atoms with van der Waals surface area (Å²) in [5.74, 6) is 0. The first-order chi connectivity index (χ1) is 4.70. The Morgan fingerprint density at radius 3 is 2.20 bits per heavy atom. The molecule has 1 aromatic rings. The molecule has 0 bridgehead atoms. The van der Waals surface area contributed by atoms with E-state index in [-0.39, 0.29) is 4.87 Å². The molecule has 1 aromatic heterocycles. The van der Waals surface area contributed by atoms with E-state index < -0.39 is 0 Å². The third-order valence-electron chi connectivity index (χ3n) is 0.715. The van der Waals surface area contributed by atoms with E-state index in [0.29, 0.717) is 4.77 Å². The second-order valence-corrected chi connectivity index (χ2v) is 2.79. The molecule has 0 unspecified atom stereocenters. The lowest BCUT2D eigenvalue weighted by Crippen LogP contribution is -1.89. The van der Waals surface area contributed by atoms with E-state index in [9.17, 15) is 4.79 Å². The first-order valence-electron chi connectivity index (χ1n) is 2.97. The van der Waals surface area contributed by atoms with Gasteiger partial charge in [0.2, 0.25) is 0 Å². The van der Waals surface area contributed by atoms with Crippen LogP contribution in [0.5, 0.6) is 0 Å². The largest absolute Gasteiger partial charge is 0.322 e. The second-order valence-electron chi connectivity index (χ2n) is 1.31. The van der Waals surface area contributed by atoms with Gasteiger partial charge in [-0.25, -0.2) is 0 Å². The van der Waals surface area contributed by atoms with Crippen LogP contribution in [0.25, 0.3) is 0 Å². The van der Waals surface area contributed by atoms with Gasteiger partial charge in [-0.15, -0.1) is 0 Å². The topological polar surface area (TPSA) is 37.8 Å². The zero-order valence-electron chi connectivity index (χ0n) is 6.17. The van der Waals surface area contributed by atoms with Gasteiger partial charge in [-0.05, 0) is 12.2 Å².